The van der Waals surface area contributed by atoms with Crippen LogP contribution < -0.4 is 5.73 Å². The molecule has 2 aromatic carbocycles. The molecule has 0 saturated heterocycles. The molecule has 5 heteroatoms. The van der Waals surface area contributed by atoms with Crippen LogP contribution in [-0.2, 0) is 16.0 Å². The Labute approximate surface area is 141 Å². The zero-order valence-electron chi connectivity index (χ0n) is 13.7. The van der Waals surface area contributed by atoms with Crippen molar-refractivity contribution in [3.63, 3.8) is 0 Å². The van der Waals surface area contributed by atoms with Crippen LogP contribution in [0.1, 0.15) is 22.3 Å². The first-order valence-corrected chi connectivity index (χ1v) is 7.33. The summed E-state index contributed by atoms with van der Waals surface area (Å²) in [5.41, 5.74) is 12.0. The van der Waals surface area contributed by atoms with E-state index in [1.54, 1.807) is 0 Å². The van der Waals surface area contributed by atoms with Gasteiger partial charge in [0.15, 0.2) is 0 Å². The summed E-state index contributed by atoms with van der Waals surface area (Å²) in [5, 5.41) is 15.6. The number of anilines is 1. The third-order valence-corrected chi connectivity index (χ3v) is 3.55. The number of nitrogens with two attached hydrogens (primary N) is 1. The number of carboxylic acids is 2. The highest BCUT2D eigenvalue weighted by Crippen LogP contribution is 2.21. The van der Waals surface area contributed by atoms with E-state index in [1.807, 2.05) is 12.1 Å². The van der Waals surface area contributed by atoms with Gasteiger partial charge in [-0.1, -0.05) is 36.4 Å². The first kappa shape index (κ1) is 19.0. The number of benzene rings is 2. The van der Waals surface area contributed by atoms with Crippen LogP contribution in [0.25, 0.3) is 0 Å². The zero-order valence-corrected chi connectivity index (χ0v) is 13.7. The second-order valence-corrected chi connectivity index (χ2v) is 5.24. The molecule has 0 aliphatic carbocycles. The molecule has 0 aliphatic heterocycles. The fourth-order valence-corrected chi connectivity index (χ4v) is 2.05. The number of hydrogen-bond acceptors (Lipinski definition) is 3. The molecule has 2 rings (SSSR count). The van der Waals surface area contributed by atoms with Crippen molar-refractivity contribution in [2.24, 2.45) is 0 Å². The van der Waals surface area contributed by atoms with Crippen LogP contribution in [0, 0.1) is 13.8 Å². The van der Waals surface area contributed by atoms with E-state index in [4.69, 9.17) is 15.9 Å². The van der Waals surface area contributed by atoms with E-state index < -0.39 is 11.9 Å². The molecule has 0 unspecified atom stereocenters. The minimum atomic E-state index is -1.26. The summed E-state index contributed by atoms with van der Waals surface area (Å²) < 4.78 is 0. The molecular weight excluding hydrogens is 306 g/mol. The van der Waals surface area contributed by atoms with Crippen molar-refractivity contribution in [1.29, 1.82) is 0 Å². The minimum Gasteiger partial charge on any atom is -0.478 e. The molecular formula is C19H21NO4. The highest BCUT2D eigenvalue weighted by Gasteiger charge is 2.04. The van der Waals surface area contributed by atoms with Gasteiger partial charge in [0.25, 0.3) is 0 Å². The molecule has 0 amide bonds. The summed E-state index contributed by atoms with van der Waals surface area (Å²) >= 11 is 0. The average Bonchev–Trinajstić information content (AvgIpc) is 2.55. The third-order valence-electron chi connectivity index (χ3n) is 3.55. The molecule has 0 heterocycles. The van der Waals surface area contributed by atoms with E-state index in [0.717, 1.165) is 12.1 Å². The van der Waals surface area contributed by atoms with Crippen molar-refractivity contribution >= 4 is 17.6 Å². The van der Waals surface area contributed by atoms with Gasteiger partial charge < -0.3 is 15.9 Å². The molecule has 0 radical (unpaired) electrons. The molecule has 0 atom stereocenters. The van der Waals surface area contributed by atoms with E-state index >= 15 is 0 Å². The molecule has 0 spiro atoms. The van der Waals surface area contributed by atoms with E-state index in [9.17, 15) is 9.59 Å². The molecule has 0 aromatic heterocycles. The van der Waals surface area contributed by atoms with Crippen LogP contribution >= 0.6 is 0 Å². The Morgan fingerprint density at radius 2 is 1.46 bits per heavy atom. The molecule has 126 valence electrons. The number of nitrogen functional groups attached to an aromatic ring is 1. The fraction of sp³-hybridized carbons (Fsp3) is 0.158. The summed E-state index contributed by atoms with van der Waals surface area (Å²) in [5.74, 6) is -2.51. The highest BCUT2D eigenvalue weighted by molar-refractivity contribution is 5.89. The van der Waals surface area contributed by atoms with Gasteiger partial charge in [-0.3, -0.25) is 0 Å². The number of carboxylic acid groups (broad SMARTS) is 2. The van der Waals surface area contributed by atoms with Crippen molar-refractivity contribution in [3.05, 3.63) is 76.9 Å². The SMILES string of the molecule is Cc1c(N)ccc(Cc2ccccc2)c1C.O=C(O)/C=C\C(=O)O. The molecule has 0 saturated carbocycles. The van der Waals surface area contributed by atoms with E-state index in [2.05, 4.69) is 44.2 Å². The maximum absolute atomic E-state index is 9.55. The summed E-state index contributed by atoms with van der Waals surface area (Å²) in [6.07, 6.45) is 2.10. The topological polar surface area (TPSA) is 101 Å². The van der Waals surface area contributed by atoms with Crippen LogP contribution in [0.3, 0.4) is 0 Å². The van der Waals surface area contributed by atoms with Crippen molar-refractivity contribution in [3.8, 4) is 0 Å². The first-order valence-electron chi connectivity index (χ1n) is 7.33. The molecule has 0 bridgehead atoms. The van der Waals surface area contributed by atoms with Gasteiger partial charge >= 0.3 is 11.9 Å². The predicted octanol–water partition coefficient (Wildman–Crippen LogP) is 3.19. The molecule has 0 fully saturated rings. The Hall–Kier alpha value is -3.08. The van der Waals surface area contributed by atoms with E-state index in [1.165, 1.54) is 22.3 Å². The lowest BCUT2D eigenvalue weighted by Crippen LogP contribution is -1.98. The van der Waals surface area contributed by atoms with Gasteiger partial charge in [0, 0.05) is 17.8 Å². The zero-order chi connectivity index (χ0) is 18.1. The maximum Gasteiger partial charge on any atom is 0.328 e. The van der Waals surface area contributed by atoms with Crippen LogP contribution in [0.5, 0.6) is 0 Å². The lowest BCUT2D eigenvalue weighted by atomic mass is 9.96. The second-order valence-electron chi connectivity index (χ2n) is 5.24. The van der Waals surface area contributed by atoms with Crippen LogP contribution in [0.2, 0.25) is 0 Å². The van der Waals surface area contributed by atoms with Gasteiger partial charge in [-0.15, -0.1) is 0 Å². The Morgan fingerprint density at radius 3 is 1.96 bits per heavy atom. The third kappa shape index (κ3) is 6.36. The normalized spacial score (nSPS) is 10.1. The van der Waals surface area contributed by atoms with Crippen LogP contribution in [-0.4, -0.2) is 22.2 Å². The van der Waals surface area contributed by atoms with Crippen molar-refractivity contribution in [2.75, 3.05) is 5.73 Å². The average molecular weight is 327 g/mol. The van der Waals surface area contributed by atoms with Crippen LogP contribution in [0.4, 0.5) is 5.69 Å². The number of hydrogen-bond donors (Lipinski definition) is 3. The lowest BCUT2D eigenvalue weighted by Gasteiger charge is -2.11. The monoisotopic (exact) mass is 327 g/mol. The van der Waals surface area contributed by atoms with Gasteiger partial charge in [0.2, 0.25) is 0 Å². The maximum atomic E-state index is 9.55. The Bertz CT molecular complexity index is 721. The van der Waals surface area contributed by atoms with Gasteiger partial charge in [0.1, 0.15) is 0 Å². The van der Waals surface area contributed by atoms with Crippen molar-refractivity contribution in [2.45, 2.75) is 20.3 Å². The standard InChI is InChI=1S/C15H17N.C4H4O4/c1-11-12(2)15(16)9-8-14(11)10-13-6-4-3-5-7-13;5-3(6)1-2-4(7)8/h3-9H,10,16H2,1-2H3;1-2H,(H,5,6)(H,7,8)/b;2-1-. The molecule has 2 aromatic rings. The highest BCUT2D eigenvalue weighted by atomic mass is 16.4. The Morgan fingerprint density at radius 1 is 0.917 bits per heavy atom. The molecule has 24 heavy (non-hydrogen) atoms. The van der Waals surface area contributed by atoms with Gasteiger partial charge in [-0.2, -0.15) is 0 Å². The Kier molecular flexibility index (Phi) is 7.23. The second kappa shape index (κ2) is 9.15. The van der Waals surface area contributed by atoms with Crippen molar-refractivity contribution in [1.82, 2.24) is 0 Å². The molecule has 4 N–H and O–H groups in total. The smallest absolute Gasteiger partial charge is 0.328 e. The van der Waals surface area contributed by atoms with E-state index in [0.29, 0.717) is 12.2 Å². The van der Waals surface area contributed by atoms with Crippen molar-refractivity contribution < 1.29 is 19.8 Å². The van der Waals surface area contributed by atoms with Crippen LogP contribution in [0.15, 0.2) is 54.6 Å². The molecule has 0 aliphatic rings. The van der Waals surface area contributed by atoms with E-state index in [-0.39, 0.29) is 0 Å². The first-order chi connectivity index (χ1) is 11.3. The summed E-state index contributed by atoms with van der Waals surface area (Å²) in [7, 11) is 0. The quantitative estimate of drug-likeness (QED) is 0.591. The number of carbonyl (C=O) groups is 2. The van der Waals surface area contributed by atoms with Gasteiger partial charge in [-0.25, -0.2) is 9.59 Å². The summed E-state index contributed by atoms with van der Waals surface area (Å²) in [4.78, 5) is 19.1. The van der Waals surface area contributed by atoms with Gasteiger partial charge in [0.05, 0.1) is 0 Å². The Balaban J connectivity index is 0.000000307. The van der Waals surface area contributed by atoms with Gasteiger partial charge in [-0.05, 0) is 48.6 Å². The predicted molar refractivity (Wildman–Crippen MR) is 94.0 cm³/mol. The molecule has 5 nitrogen and oxygen atoms in total. The minimum absolute atomic E-state index is 0.558. The fourth-order valence-electron chi connectivity index (χ4n) is 2.05. The number of rotatable bonds is 4. The summed E-state index contributed by atoms with van der Waals surface area (Å²) in [6.45, 7) is 4.23. The summed E-state index contributed by atoms with van der Waals surface area (Å²) in [6, 6.07) is 14.6. The lowest BCUT2D eigenvalue weighted by molar-refractivity contribution is -0.134. The largest absolute Gasteiger partial charge is 0.478 e. The number of aliphatic carboxylic acids is 2.